The van der Waals surface area contributed by atoms with Crippen molar-refractivity contribution in [1.82, 2.24) is 4.90 Å². The molecule has 3 rings (SSSR count). The number of amides is 1. The third-order valence-corrected chi connectivity index (χ3v) is 4.81. The monoisotopic (exact) mass is 339 g/mol. The minimum absolute atomic E-state index is 0.0833. The molecule has 1 saturated heterocycles. The topological polar surface area (TPSA) is 74.7 Å². The highest BCUT2D eigenvalue weighted by Gasteiger charge is 2.36. The molecule has 1 heterocycles. The Kier molecular flexibility index (Phi) is 4.83. The van der Waals surface area contributed by atoms with Gasteiger partial charge in [0.05, 0.1) is 0 Å². The van der Waals surface area contributed by atoms with E-state index in [1.165, 1.54) is 4.90 Å². The maximum atomic E-state index is 12.5. The van der Waals surface area contributed by atoms with Crippen LogP contribution in [-0.4, -0.2) is 40.3 Å². The van der Waals surface area contributed by atoms with Crippen LogP contribution in [0, 0.1) is 5.92 Å². The van der Waals surface area contributed by atoms with Crippen molar-refractivity contribution in [3.05, 3.63) is 48.0 Å². The lowest BCUT2D eigenvalue weighted by atomic mass is 9.96. The zero-order valence-electron chi connectivity index (χ0n) is 14.1. The molecule has 130 valence electrons. The second-order valence-electron chi connectivity index (χ2n) is 6.62. The summed E-state index contributed by atoms with van der Waals surface area (Å²) in [6, 6.07) is 12.5. The molecule has 2 aromatic rings. The SMILES string of the molecule is C[C@@H](CC(=O)c1ccc2ccccc2c1)C(=O)N1CCC[C@H]1C(=O)O. The van der Waals surface area contributed by atoms with Crippen LogP contribution in [0.4, 0.5) is 0 Å². The molecule has 2 aromatic carbocycles. The van der Waals surface area contributed by atoms with Crippen molar-refractivity contribution in [3.63, 3.8) is 0 Å². The molecule has 1 fully saturated rings. The molecular formula is C20H21NO4. The first-order valence-electron chi connectivity index (χ1n) is 8.52. The fourth-order valence-electron chi connectivity index (χ4n) is 3.42. The summed E-state index contributed by atoms with van der Waals surface area (Å²) >= 11 is 0. The predicted molar refractivity (Wildman–Crippen MR) is 94.4 cm³/mol. The summed E-state index contributed by atoms with van der Waals surface area (Å²) in [5.41, 5.74) is 0.578. The van der Waals surface area contributed by atoms with E-state index in [2.05, 4.69) is 0 Å². The minimum Gasteiger partial charge on any atom is -0.480 e. The molecule has 0 spiro atoms. The second-order valence-corrected chi connectivity index (χ2v) is 6.62. The molecule has 0 saturated carbocycles. The van der Waals surface area contributed by atoms with E-state index in [1.807, 2.05) is 36.4 Å². The fourth-order valence-corrected chi connectivity index (χ4v) is 3.42. The Morgan fingerprint density at radius 3 is 2.60 bits per heavy atom. The molecular weight excluding hydrogens is 318 g/mol. The highest BCUT2D eigenvalue weighted by molar-refractivity contribution is 6.01. The van der Waals surface area contributed by atoms with E-state index in [-0.39, 0.29) is 18.1 Å². The lowest BCUT2D eigenvalue weighted by Gasteiger charge is -2.24. The van der Waals surface area contributed by atoms with Gasteiger partial charge in [-0.25, -0.2) is 4.79 Å². The summed E-state index contributed by atoms with van der Waals surface area (Å²) in [5.74, 6) is -1.85. The van der Waals surface area contributed by atoms with E-state index >= 15 is 0 Å². The summed E-state index contributed by atoms with van der Waals surface area (Å²) in [4.78, 5) is 37.7. The van der Waals surface area contributed by atoms with Crippen LogP contribution in [-0.2, 0) is 9.59 Å². The van der Waals surface area contributed by atoms with E-state index in [9.17, 15) is 19.5 Å². The molecule has 0 aliphatic carbocycles. The highest BCUT2D eigenvalue weighted by atomic mass is 16.4. The lowest BCUT2D eigenvalue weighted by Crippen LogP contribution is -2.43. The number of carboxylic acid groups (broad SMARTS) is 1. The molecule has 1 aliphatic rings. The molecule has 0 aromatic heterocycles. The van der Waals surface area contributed by atoms with Crippen molar-refractivity contribution in [2.24, 2.45) is 5.92 Å². The standard InChI is InChI=1S/C20H21NO4/c1-13(19(23)21-10-4-7-17(21)20(24)25)11-18(22)16-9-8-14-5-2-3-6-15(14)12-16/h2-3,5-6,8-9,12-13,17H,4,7,10-11H2,1H3,(H,24,25)/t13-,17-/m0/s1. The molecule has 5 heteroatoms. The molecule has 1 N–H and O–H groups in total. The molecule has 2 atom stereocenters. The average molecular weight is 339 g/mol. The van der Waals surface area contributed by atoms with Gasteiger partial charge in [-0.05, 0) is 29.7 Å². The third kappa shape index (κ3) is 3.55. The van der Waals surface area contributed by atoms with E-state index < -0.39 is 17.9 Å². The molecule has 0 radical (unpaired) electrons. The van der Waals surface area contributed by atoms with Gasteiger partial charge in [-0.15, -0.1) is 0 Å². The number of hydrogen-bond donors (Lipinski definition) is 1. The Hall–Kier alpha value is -2.69. The van der Waals surface area contributed by atoms with Crippen molar-refractivity contribution in [1.29, 1.82) is 0 Å². The fraction of sp³-hybridized carbons (Fsp3) is 0.350. The largest absolute Gasteiger partial charge is 0.480 e. The van der Waals surface area contributed by atoms with Gasteiger partial charge in [-0.1, -0.05) is 43.3 Å². The number of nitrogens with zero attached hydrogens (tertiary/aromatic N) is 1. The van der Waals surface area contributed by atoms with Crippen LogP contribution in [0.15, 0.2) is 42.5 Å². The van der Waals surface area contributed by atoms with Crippen molar-refractivity contribution < 1.29 is 19.5 Å². The van der Waals surface area contributed by atoms with E-state index in [0.717, 1.165) is 10.8 Å². The number of carbonyl (C=O) groups excluding carboxylic acids is 2. The summed E-state index contributed by atoms with van der Waals surface area (Å²) in [6.45, 7) is 2.14. The summed E-state index contributed by atoms with van der Waals surface area (Å²) in [6.07, 6.45) is 1.25. The van der Waals surface area contributed by atoms with Crippen LogP contribution in [0.25, 0.3) is 10.8 Å². The van der Waals surface area contributed by atoms with Gasteiger partial charge in [0.25, 0.3) is 0 Å². The van der Waals surface area contributed by atoms with Crippen LogP contribution in [0.1, 0.15) is 36.5 Å². The van der Waals surface area contributed by atoms with Gasteiger partial charge in [0, 0.05) is 24.4 Å². The van der Waals surface area contributed by atoms with Gasteiger partial charge in [0.2, 0.25) is 5.91 Å². The summed E-state index contributed by atoms with van der Waals surface area (Å²) < 4.78 is 0. The molecule has 1 amide bonds. The van der Waals surface area contributed by atoms with E-state index in [4.69, 9.17) is 0 Å². The van der Waals surface area contributed by atoms with Gasteiger partial charge in [-0.2, -0.15) is 0 Å². The quantitative estimate of drug-likeness (QED) is 0.849. The Bertz CT molecular complexity index is 829. The van der Waals surface area contributed by atoms with Gasteiger partial charge < -0.3 is 10.0 Å². The Labute approximate surface area is 146 Å². The van der Waals surface area contributed by atoms with Gasteiger partial charge >= 0.3 is 5.97 Å². The summed E-state index contributed by atoms with van der Waals surface area (Å²) in [5, 5.41) is 11.3. The maximum absolute atomic E-state index is 12.5. The molecule has 5 nitrogen and oxygen atoms in total. The van der Waals surface area contributed by atoms with Crippen LogP contribution in [0.5, 0.6) is 0 Å². The van der Waals surface area contributed by atoms with Crippen LogP contribution in [0.3, 0.4) is 0 Å². The number of ketones is 1. The van der Waals surface area contributed by atoms with Gasteiger partial charge in [-0.3, -0.25) is 9.59 Å². The number of hydrogen-bond acceptors (Lipinski definition) is 3. The summed E-state index contributed by atoms with van der Waals surface area (Å²) in [7, 11) is 0. The molecule has 25 heavy (non-hydrogen) atoms. The van der Waals surface area contributed by atoms with Crippen LogP contribution >= 0.6 is 0 Å². The van der Waals surface area contributed by atoms with Crippen molar-refractivity contribution in [3.8, 4) is 0 Å². The maximum Gasteiger partial charge on any atom is 0.326 e. The van der Waals surface area contributed by atoms with E-state index in [1.54, 1.807) is 13.0 Å². The first-order valence-corrected chi connectivity index (χ1v) is 8.52. The predicted octanol–water partition coefficient (Wildman–Crippen LogP) is 3.12. The Balaban J connectivity index is 1.70. The van der Waals surface area contributed by atoms with Crippen molar-refractivity contribution in [2.75, 3.05) is 6.54 Å². The minimum atomic E-state index is -0.973. The Morgan fingerprint density at radius 2 is 1.88 bits per heavy atom. The lowest BCUT2D eigenvalue weighted by molar-refractivity contribution is -0.149. The molecule has 1 aliphatic heterocycles. The second kappa shape index (κ2) is 7.05. The number of carboxylic acids is 1. The first-order chi connectivity index (χ1) is 12.0. The number of rotatable bonds is 5. The van der Waals surface area contributed by atoms with E-state index in [0.29, 0.717) is 24.9 Å². The Morgan fingerprint density at radius 1 is 1.16 bits per heavy atom. The first kappa shape index (κ1) is 17.1. The van der Waals surface area contributed by atoms with Crippen LogP contribution in [0.2, 0.25) is 0 Å². The zero-order valence-corrected chi connectivity index (χ0v) is 14.1. The van der Waals surface area contributed by atoms with Crippen LogP contribution < -0.4 is 0 Å². The normalized spacial score (nSPS) is 18.3. The smallest absolute Gasteiger partial charge is 0.326 e. The number of fused-ring (bicyclic) bond motifs is 1. The highest BCUT2D eigenvalue weighted by Crippen LogP contribution is 2.23. The number of likely N-dealkylation sites (tertiary alicyclic amines) is 1. The van der Waals surface area contributed by atoms with Crippen molar-refractivity contribution in [2.45, 2.75) is 32.2 Å². The molecule has 0 bridgehead atoms. The number of Topliss-reactive ketones (excluding diaryl/α,β-unsaturated/α-hetero) is 1. The number of benzene rings is 2. The number of aliphatic carboxylic acids is 1. The molecule has 0 unspecified atom stereocenters. The third-order valence-electron chi connectivity index (χ3n) is 4.81. The average Bonchev–Trinajstić information content (AvgIpc) is 3.10. The van der Waals surface area contributed by atoms with Gasteiger partial charge in [0.15, 0.2) is 5.78 Å². The zero-order chi connectivity index (χ0) is 18.0. The number of carbonyl (C=O) groups is 3. The van der Waals surface area contributed by atoms with Gasteiger partial charge in [0.1, 0.15) is 6.04 Å². The van der Waals surface area contributed by atoms with Crippen molar-refractivity contribution >= 4 is 28.4 Å².